The highest BCUT2D eigenvalue weighted by Gasteiger charge is 2.28. The van der Waals surface area contributed by atoms with Gasteiger partial charge in [0.1, 0.15) is 0 Å². The molecule has 114 valence electrons. The molecule has 0 radical (unpaired) electrons. The van der Waals surface area contributed by atoms with E-state index in [9.17, 15) is 14.9 Å². The highest BCUT2D eigenvalue weighted by atomic mass is 79.9. The average Bonchev–Trinajstić information content (AvgIpc) is 2.47. The number of methoxy groups -OCH3 is 1. The zero-order valence-corrected chi connectivity index (χ0v) is 12.9. The van der Waals surface area contributed by atoms with Crippen LogP contribution in [0, 0.1) is 10.1 Å². The molecule has 2 heterocycles. The highest BCUT2D eigenvalue weighted by molar-refractivity contribution is 9.10. The summed E-state index contributed by atoms with van der Waals surface area (Å²) < 4.78 is 10.6. The Balaban J connectivity index is 2.18. The van der Waals surface area contributed by atoms with Crippen molar-refractivity contribution in [1.29, 1.82) is 0 Å². The minimum Gasteiger partial charge on any atom is -0.469 e. The quantitative estimate of drug-likeness (QED) is 0.456. The number of halogens is 1. The largest absolute Gasteiger partial charge is 0.469 e. The summed E-state index contributed by atoms with van der Waals surface area (Å²) in [6.45, 7) is 1.20. The van der Waals surface area contributed by atoms with E-state index in [1.807, 2.05) is 0 Å². The van der Waals surface area contributed by atoms with Crippen LogP contribution in [0.1, 0.15) is 6.42 Å². The van der Waals surface area contributed by atoms with Gasteiger partial charge in [0, 0.05) is 29.8 Å². The molecular weight excluding hydrogens is 346 g/mol. The third-order valence-electron chi connectivity index (χ3n) is 3.07. The molecule has 8 nitrogen and oxygen atoms in total. The van der Waals surface area contributed by atoms with Crippen molar-refractivity contribution in [1.82, 2.24) is 4.98 Å². The van der Waals surface area contributed by atoms with Crippen LogP contribution < -0.4 is 4.90 Å². The topological polar surface area (TPSA) is 94.8 Å². The lowest BCUT2D eigenvalue weighted by Crippen LogP contribution is -2.44. The first kappa shape index (κ1) is 15.6. The van der Waals surface area contributed by atoms with Gasteiger partial charge in [0.05, 0.1) is 31.2 Å². The minimum absolute atomic E-state index is 0.0805. The van der Waals surface area contributed by atoms with Gasteiger partial charge in [0.25, 0.3) is 0 Å². The van der Waals surface area contributed by atoms with Gasteiger partial charge in [-0.1, -0.05) is 0 Å². The van der Waals surface area contributed by atoms with Crippen LogP contribution in [0.25, 0.3) is 0 Å². The van der Waals surface area contributed by atoms with E-state index >= 15 is 0 Å². The number of nitro groups is 1. The van der Waals surface area contributed by atoms with E-state index in [1.165, 1.54) is 19.4 Å². The molecule has 1 unspecified atom stereocenters. The van der Waals surface area contributed by atoms with Crippen LogP contribution in [0.5, 0.6) is 0 Å². The van der Waals surface area contributed by atoms with Gasteiger partial charge in [-0.05, 0) is 15.9 Å². The maximum atomic E-state index is 11.3. The Labute approximate surface area is 129 Å². The Bertz CT molecular complexity index is 554. The van der Waals surface area contributed by atoms with E-state index in [-0.39, 0.29) is 30.0 Å². The fraction of sp³-hybridized carbons (Fsp3) is 0.500. The molecule has 9 heteroatoms. The first-order valence-electron chi connectivity index (χ1n) is 6.24. The van der Waals surface area contributed by atoms with Crippen molar-refractivity contribution in [2.75, 3.05) is 31.7 Å². The summed E-state index contributed by atoms with van der Waals surface area (Å²) in [5.41, 5.74) is -0.0805. The first-order valence-corrected chi connectivity index (χ1v) is 7.04. The molecule has 0 amide bonds. The molecule has 0 N–H and O–H groups in total. The molecule has 1 saturated heterocycles. The number of ether oxygens (including phenoxy) is 2. The lowest BCUT2D eigenvalue weighted by atomic mass is 10.2. The Morgan fingerprint density at radius 2 is 2.48 bits per heavy atom. The number of anilines is 1. The van der Waals surface area contributed by atoms with E-state index in [0.29, 0.717) is 24.2 Å². The van der Waals surface area contributed by atoms with Gasteiger partial charge in [-0.15, -0.1) is 0 Å². The molecule has 0 saturated carbocycles. The summed E-state index contributed by atoms with van der Waals surface area (Å²) in [6.07, 6.45) is 1.25. The first-order chi connectivity index (χ1) is 10.0. The number of nitrogens with zero attached hydrogens (tertiary/aromatic N) is 3. The summed E-state index contributed by atoms with van der Waals surface area (Å²) in [5, 5.41) is 11.1. The number of carbonyl (C=O) groups is 1. The zero-order chi connectivity index (χ0) is 15.4. The smallest absolute Gasteiger partial charge is 0.312 e. The number of esters is 1. The molecular formula is C12H14BrN3O5. The number of rotatable bonds is 4. The van der Waals surface area contributed by atoms with Gasteiger partial charge in [-0.3, -0.25) is 14.9 Å². The van der Waals surface area contributed by atoms with E-state index in [2.05, 4.69) is 25.7 Å². The van der Waals surface area contributed by atoms with Crippen LogP contribution in [-0.2, 0) is 14.3 Å². The van der Waals surface area contributed by atoms with Crippen LogP contribution in [0.15, 0.2) is 16.7 Å². The van der Waals surface area contributed by atoms with Crippen LogP contribution in [0.3, 0.4) is 0 Å². The fourth-order valence-corrected chi connectivity index (χ4v) is 2.42. The molecule has 1 aliphatic heterocycles. The van der Waals surface area contributed by atoms with Crippen molar-refractivity contribution >= 4 is 33.4 Å². The molecule has 1 aromatic rings. The number of aromatic nitrogens is 1. The van der Waals surface area contributed by atoms with E-state index in [4.69, 9.17) is 4.74 Å². The molecule has 0 spiro atoms. The summed E-state index contributed by atoms with van der Waals surface area (Å²) in [4.78, 5) is 27.8. The van der Waals surface area contributed by atoms with Crippen molar-refractivity contribution in [3.63, 3.8) is 0 Å². The number of pyridine rings is 1. The molecule has 1 fully saturated rings. The third-order valence-corrected chi connectivity index (χ3v) is 3.50. The van der Waals surface area contributed by atoms with Gasteiger partial charge >= 0.3 is 11.7 Å². The number of hydrogen-bond acceptors (Lipinski definition) is 7. The molecule has 0 bridgehead atoms. The maximum absolute atomic E-state index is 11.3. The molecule has 2 rings (SSSR count). The monoisotopic (exact) mass is 359 g/mol. The normalized spacial score (nSPS) is 18.4. The fourth-order valence-electron chi connectivity index (χ4n) is 2.10. The number of hydrogen-bond donors (Lipinski definition) is 0. The minimum atomic E-state index is -0.474. The van der Waals surface area contributed by atoms with Crippen molar-refractivity contribution in [3.8, 4) is 0 Å². The molecule has 21 heavy (non-hydrogen) atoms. The summed E-state index contributed by atoms with van der Waals surface area (Å²) in [5.74, 6) is -0.0959. The number of carbonyl (C=O) groups excluding carboxylic acids is 1. The molecule has 0 aromatic carbocycles. The van der Waals surface area contributed by atoms with E-state index in [0.717, 1.165) is 0 Å². The second-order valence-electron chi connectivity index (χ2n) is 4.47. The highest BCUT2D eigenvalue weighted by Crippen LogP contribution is 2.29. The molecule has 0 aliphatic carbocycles. The molecule has 1 aromatic heterocycles. The van der Waals surface area contributed by atoms with Crippen molar-refractivity contribution in [2.24, 2.45) is 0 Å². The second-order valence-corrected chi connectivity index (χ2v) is 5.39. The van der Waals surface area contributed by atoms with Gasteiger partial charge in [0.2, 0.25) is 5.82 Å². The SMILES string of the molecule is COC(=O)CC1CN(c2ncc(Br)cc2[N+](=O)[O-])CCO1. The molecule has 1 aliphatic rings. The predicted octanol–water partition coefficient (Wildman–Crippen LogP) is 1.52. The zero-order valence-electron chi connectivity index (χ0n) is 11.3. The van der Waals surface area contributed by atoms with Gasteiger partial charge in [-0.2, -0.15) is 0 Å². The van der Waals surface area contributed by atoms with Gasteiger partial charge < -0.3 is 14.4 Å². The average molecular weight is 360 g/mol. The maximum Gasteiger partial charge on any atom is 0.312 e. The lowest BCUT2D eigenvalue weighted by molar-refractivity contribution is -0.384. The van der Waals surface area contributed by atoms with Gasteiger partial charge in [0.15, 0.2) is 0 Å². The summed E-state index contributed by atoms with van der Waals surface area (Å²) in [7, 11) is 1.31. The van der Waals surface area contributed by atoms with Crippen molar-refractivity contribution < 1.29 is 19.2 Å². The van der Waals surface area contributed by atoms with Crippen molar-refractivity contribution in [3.05, 3.63) is 26.9 Å². The Morgan fingerprint density at radius 1 is 1.71 bits per heavy atom. The van der Waals surface area contributed by atoms with E-state index < -0.39 is 4.92 Å². The predicted molar refractivity (Wildman–Crippen MR) is 77.2 cm³/mol. The van der Waals surface area contributed by atoms with Crippen molar-refractivity contribution in [2.45, 2.75) is 12.5 Å². The lowest BCUT2D eigenvalue weighted by Gasteiger charge is -2.32. The van der Waals surface area contributed by atoms with E-state index in [1.54, 1.807) is 4.90 Å². The van der Waals surface area contributed by atoms with Crippen LogP contribution >= 0.6 is 15.9 Å². The second kappa shape index (κ2) is 6.81. The van der Waals surface area contributed by atoms with Gasteiger partial charge in [-0.25, -0.2) is 4.98 Å². The van der Waals surface area contributed by atoms with Crippen LogP contribution in [0.2, 0.25) is 0 Å². The Morgan fingerprint density at radius 3 is 3.14 bits per heavy atom. The molecule has 1 atom stereocenters. The van der Waals surface area contributed by atoms with Crippen LogP contribution in [0.4, 0.5) is 11.5 Å². The summed E-state index contributed by atoms with van der Waals surface area (Å²) >= 11 is 3.17. The Hall–Kier alpha value is -1.74. The van der Waals surface area contributed by atoms with Crippen LogP contribution in [-0.4, -0.2) is 48.8 Å². The number of morpholine rings is 1. The standard InChI is InChI=1S/C12H14BrN3O5/c1-20-11(17)5-9-7-15(2-3-21-9)12-10(16(18)19)4-8(13)6-14-12/h4,6,9H,2-3,5,7H2,1H3. The summed E-state index contributed by atoms with van der Waals surface area (Å²) in [6, 6.07) is 1.41. The Kier molecular flexibility index (Phi) is 5.07. The third kappa shape index (κ3) is 3.88.